The van der Waals surface area contributed by atoms with Crippen LogP contribution in [0.3, 0.4) is 0 Å². The molecule has 29 heavy (non-hydrogen) atoms. The summed E-state index contributed by atoms with van der Waals surface area (Å²) in [6.07, 6.45) is 2.92. The second-order valence-corrected chi connectivity index (χ2v) is 9.03. The monoisotopic (exact) mass is 551 g/mol. The van der Waals surface area contributed by atoms with Gasteiger partial charge in [0.15, 0.2) is 5.96 Å². The summed E-state index contributed by atoms with van der Waals surface area (Å²) in [4.78, 5) is 27.0. The van der Waals surface area contributed by atoms with Crippen molar-refractivity contribution in [2.24, 2.45) is 10.9 Å². The van der Waals surface area contributed by atoms with Crippen LogP contribution in [-0.2, 0) is 17.7 Å². The number of esters is 1. The minimum atomic E-state index is -0.319. The van der Waals surface area contributed by atoms with Gasteiger partial charge in [-0.2, -0.15) is 0 Å². The van der Waals surface area contributed by atoms with Crippen LogP contribution in [0.25, 0.3) is 0 Å². The number of rotatable bonds is 8. The Balaban J connectivity index is 0.00000420. The topological polar surface area (TPSA) is 88.5 Å². The highest BCUT2D eigenvalue weighted by Gasteiger charge is 2.20. The van der Waals surface area contributed by atoms with Gasteiger partial charge in [-0.25, -0.2) is 14.8 Å². The van der Waals surface area contributed by atoms with E-state index < -0.39 is 0 Å². The molecule has 0 aliphatic carbocycles. The maximum Gasteiger partial charge on any atom is 0.350 e. The van der Waals surface area contributed by atoms with E-state index in [2.05, 4.69) is 39.4 Å². The number of carbonyl (C=O) groups excluding carboxylic acids is 1. The minimum absolute atomic E-state index is 0. The van der Waals surface area contributed by atoms with Crippen molar-refractivity contribution in [1.82, 2.24) is 20.6 Å². The van der Waals surface area contributed by atoms with Crippen molar-refractivity contribution in [2.75, 3.05) is 13.7 Å². The lowest BCUT2D eigenvalue weighted by Gasteiger charge is -2.15. The molecule has 0 bridgehead atoms. The molecular formula is C19H30IN5O2S2. The van der Waals surface area contributed by atoms with Crippen LogP contribution >= 0.6 is 46.7 Å². The molecule has 0 fully saturated rings. The number of carbonyl (C=O) groups is 1. The summed E-state index contributed by atoms with van der Waals surface area (Å²) in [5.74, 6) is 0.959. The molecule has 162 valence electrons. The van der Waals surface area contributed by atoms with Gasteiger partial charge in [0.05, 0.1) is 29.9 Å². The lowest BCUT2D eigenvalue weighted by Crippen LogP contribution is -2.38. The van der Waals surface area contributed by atoms with Crippen LogP contribution in [0.1, 0.15) is 64.0 Å². The highest BCUT2D eigenvalue weighted by Crippen LogP contribution is 2.24. The molecular weight excluding hydrogens is 521 g/mol. The van der Waals surface area contributed by atoms with Gasteiger partial charge in [-0.15, -0.1) is 46.7 Å². The SMILES string of the molecule is CCOC(=O)c1sc(C(C)NC(=NC)NCc2cnc(CC(C)C)s2)nc1C.I. The van der Waals surface area contributed by atoms with E-state index in [0.717, 1.165) is 16.4 Å². The summed E-state index contributed by atoms with van der Waals surface area (Å²) in [5.41, 5.74) is 0.692. The molecule has 1 unspecified atom stereocenters. The molecule has 0 saturated heterocycles. The van der Waals surface area contributed by atoms with Gasteiger partial charge in [0.1, 0.15) is 9.88 Å². The van der Waals surface area contributed by atoms with Gasteiger partial charge in [0.25, 0.3) is 0 Å². The van der Waals surface area contributed by atoms with Gasteiger partial charge in [-0.3, -0.25) is 4.99 Å². The first kappa shape index (κ1) is 25.8. The van der Waals surface area contributed by atoms with Gasteiger partial charge in [-0.1, -0.05) is 13.8 Å². The first-order valence-corrected chi connectivity index (χ1v) is 11.0. The van der Waals surface area contributed by atoms with E-state index in [-0.39, 0.29) is 36.0 Å². The molecule has 0 aromatic carbocycles. The number of hydrogen-bond acceptors (Lipinski definition) is 7. The minimum Gasteiger partial charge on any atom is -0.462 e. The zero-order chi connectivity index (χ0) is 20.7. The molecule has 1 atom stereocenters. The number of aryl methyl sites for hydroxylation is 1. The zero-order valence-electron chi connectivity index (χ0n) is 17.7. The van der Waals surface area contributed by atoms with Gasteiger partial charge < -0.3 is 15.4 Å². The fourth-order valence-corrected chi connectivity index (χ4v) is 4.53. The van der Waals surface area contributed by atoms with E-state index >= 15 is 0 Å². The Morgan fingerprint density at radius 3 is 2.66 bits per heavy atom. The summed E-state index contributed by atoms with van der Waals surface area (Å²) in [6, 6.07) is -0.0870. The molecule has 2 aromatic rings. The van der Waals surface area contributed by atoms with Crippen molar-refractivity contribution < 1.29 is 9.53 Å². The number of aromatic nitrogens is 2. The third-order valence-corrected chi connectivity index (χ3v) is 6.18. The quantitative estimate of drug-likeness (QED) is 0.220. The van der Waals surface area contributed by atoms with Crippen LogP contribution in [0.2, 0.25) is 0 Å². The van der Waals surface area contributed by atoms with Gasteiger partial charge in [-0.05, 0) is 26.7 Å². The van der Waals surface area contributed by atoms with Crippen LogP contribution < -0.4 is 10.6 Å². The molecule has 2 rings (SSSR count). The fraction of sp³-hybridized carbons (Fsp3) is 0.579. The third kappa shape index (κ3) is 7.82. The number of ether oxygens (including phenoxy) is 1. The summed E-state index contributed by atoms with van der Waals surface area (Å²) < 4.78 is 5.09. The van der Waals surface area contributed by atoms with Crippen LogP contribution in [0.4, 0.5) is 0 Å². The first-order valence-electron chi connectivity index (χ1n) is 9.39. The van der Waals surface area contributed by atoms with Gasteiger partial charge in [0.2, 0.25) is 0 Å². The van der Waals surface area contributed by atoms with E-state index in [1.54, 1.807) is 25.3 Å². The van der Waals surface area contributed by atoms with Crippen molar-refractivity contribution in [1.29, 1.82) is 0 Å². The number of nitrogens with zero attached hydrogens (tertiary/aromatic N) is 3. The molecule has 2 N–H and O–H groups in total. The normalized spacial score (nSPS) is 12.4. The average molecular weight is 552 g/mol. The van der Waals surface area contributed by atoms with Gasteiger partial charge in [0, 0.05) is 24.5 Å². The van der Waals surface area contributed by atoms with E-state index in [1.165, 1.54) is 16.2 Å². The number of guanidine groups is 1. The maximum absolute atomic E-state index is 12.0. The lowest BCUT2D eigenvalue weighted by molar-refractivity contribution is 0.0531. The zero-order valence-corrected chi connectivity index (χ0v) is 21.7. The van der Waals surface area contributed by atoms with E-state index in [0.29, 0.717) is 35.6 Å². The first-order chi connectivity index (χ1) is 13.3. The van der Waals surface area contributed by atoms with Crippen molar-refractivity contribution in [3.8, 4) is 0 Å². The maximum atomic E-state index is 12.0. The smallest absolute Gasteiger partial charge is 0.350 e. The Bertz CT molecular complexity index is 819. The molecule has 7 nitrogen and oxygen atoms in total. The molecule has 0 aliphatic rings. The number of halogens is 1. The molecule has 0 saturated carbocycles. The Kier molecular flexibility index (Phi) is 11.0. The summed E-state index contributed by atoms with van der Waals surface area (Å²) in [7, 11) is 1.73. The summed E-state index contributed by atoms with van der Waals surface area (Å²) >= 11 is 3.08. The fourth-order valence-electron chi connectivity index (χ4n) is 2.49. The second-order valence-electron chi connectivity index (χ2n) is 6.80. The van der Waals surface area contributed by atoms with E-state index in [1.807, 2.05) is 20.0 Å². The average Bonchev–Trinajstić information content (AvgIpc) is 3.24. The van der Waals surface area contributed by atoms with Crippen LogP contribution in [0.5, 0.6) is 0 Å². The molecule has 0 amide bonds. The summed E-state index contributed by atoms with van der Waals surface area (Å²) in [5, 5.41) is 8.61. The molecule has 2 heterocycles. The Morgan fingerprint density at radius 1 is 1.31 bits per heavy atom. The van der Waals surface area contributed by atoms with Crippen molar-refractivity contribution in [3.63, 3.8) is 0 Å². The lowest BCUT2D eigenvalue weighted by atomic mass is 10.1. The molecule has 0 aliphatic heterocycles. The Morgan fingerprint density at radius 2 is 2.03 bits per heavy atom. The number of nitrogens with one attached hydrogen (secondary N) is 2. The molecule has 0 radical (unpaired) electrons. The van der Waals surface area contributed by atoms with Gasteiger partial charge >= 0.3 is 5.97 Å². The number of thiazole rings is 2. The highest BCUT2D eigenvalue weighted by molar-refractivity contribution is 14.0. The van der Waals surface area contributed by atoms with Crippen molar-refractivity contribution >= 4 is 58.6 Å². The summed E-state index contributed by atoms with van der Waals surface area (Å²) in [6.45, 7) is 11.0. The largest absolute Gasteiger partial charge is 0.462 e. The van der Waals surface area contributed by atoms with Crippen LogP contribution in [-0.4, -0.2) is 35.6 Å². The molecule has 2 aromatic heterocycles. The standard InChI is InChI=1S/C19H29N5O2S2.HI/c1-7-26-18(25)16-12(4)23-17(28-16)13(5)24-19(20-6)22-10-14-9-21-15(27-14)8-11(2)3;/h9,11,13H,7-8,10H2,1-6H3,(H2,20,22,24);1H. The van der Waals surface area contributed by atoms with E-state index in [4.69, 9.17) is 4.74 Å². The van der Waals surface area contributed by atoms with Crippen LogP contribution in [0, 0.1) is 12.8 Å². The third-order valence-electron chi connectivity index (χ3n) is 3.84. The van der Waals surface area contributed by atoms with Crippen molar-refractivity contribution in [3.05, 3.63) is 31.7 Å². The molecule has 0 spiro atoms. The predicted molar refractivity (Wildman–Crippen MR) is 131 cm³/mol. The highest BCUT2D eigenvalue weighted by atomic mass is 127. The van der Waals surface area contributed by atoms with Crippen molar-refractivity contribution in [2.45, 2.75) is 53.6 Å². The number of hydrogen-bond donors (Lipinski definition) is 2. The van der Waals surface area contributed by atoms with E-state index in [9.17, 15) is 4.79 Å². The predicted octanol–water partition coefficient (Wildman–Crippen LogP) is 4.33. The second kappa shape index (κ2) is 12.4. The number of aliphatic imine (C=N–C) groups is 1. The Labute approximate surface area is 197 Å². The molecule has 10 heteroatoms. The Hall–Kier alpha value is -1.27. The van der Waals surface area contributed by atoms with Crippen LogP contribution in [0.15, 0.2) is 11.2 Å².